The number of hydrogen-bond donors (Lipinski definition) is 1. The molecular weight excluding hydrogens is 350 g/mol. The number of aromatic amines is 1. The summed E-state index contributed by atoms with van der Waals surface area (Å²) in [4.78, 5) is 35.3. The first-order chi connectivity index (χ1) is 12.4. The standard InChI is InChI=1S/C19H27N3O3S/c1-5-6-7-13-8-22(9-14(25-13)11(2)3)19(24)16-12(4)15-17(23)20-10-21-18(15)26-16/h10-11,13-14H,5-9H2,1-4H3,(H,20,21,23)/t13-,14-/m1/s1. The predicted octanol–water partition coefficient (Wildman–Crippen LogP) is 3.35. The number of ether oxygens (including phenoxy) is 1. The van der Waals surface area contributed by atoms with Crippen LogP contribution in [0, 0.1) is 12.8 Å². The van der Waals surface area contributed by atoms with E-state index in [2.05, 4.69) is 30.7 Å². The molecule has 7 heteroatoms. The molecule has 1 aliphatic rings. The van der Waals surface area contributed by atoms with E-state index in [1.165, 1.54) is 17.7 Å². The Hall–Kier alpha value is -1.73. The van der Waals surface area contributed by atoms with Crippen molar-refractivity contribution < 1.29 is 9.53 Å². The van der Waals surface area contributed by atoms with Crippen molar-refractivity contribution in [1.82, 2.24) is 14.9 Å². The van der Waals surface area contributed by atoms with E-state index in [4.69, 9.17) is 4.74 Å². The molecule has 1 saturated heterocycles. The van der Waals surface area contributed by atoms with Crippen LogP contribution in [0.5, 0.6) is 0 Å². The summed E-state index contributed by atoms with van der Waals surface area (Å²) < 4.78 is 6.22. The number of unbranched alkanes of at least 4 members (excludes halogenated alkanes) is 1. The van der Waals surface area contributed by atoms with Gasteiger partial charge in [-0.3, -0.25) is 9.59 Å². The Labute approximate surface area is 157 Å². The number of thiophene rings is 1. The summed E-state index contributed by atoms with van der Waals surface area (Å²) in [5, 5.41) is 0.525. The highest BCUT2D eigenvalue weighted by atomic mass is 32.1. The number of aryl methyl sites for hydroxylation is 1. The number of carbonyl (C=O) groups excluding carboxylic acids is 1. The van der Waals surface area contributed by atoms with Gasteiger partial charge in [0.2, 0.25) is 0 Å². The number of amides is 1. The first-order valence-electron chi connectivity index (χ1n) is 9.33. The van der Waals surface area contributed by atoms with E-state index in [0.717, 1.165) is 24.8 Å². The number of nitrogens with one attached hydrogen (secondary N) is 1. The lowest BCUT2D eigenvalue weighted by Gasteiger charge is -2.40. The molecule has 6 nitrogen and oxygen atoms in total. The Kier molecular flexibility index (Phi) is 5.77. The molecule has 2 aromatic rings. The average Bonchev–Trinajstić information content (AvgIpc) is 2.97. The van der Waals surface area contributed by atoms with Crippen LogP contribution in [0.1, 0.15) is 55.3 Å². The quantitative estimate of drug-likeness (QED) is 0.867. The molecule has 142 valence electrons. The van der Waals surface area contributed by atoms with Crippen LogP contribution in [0.15, 0.2) is 11.1 Å². The zero-order chi connectivity index (χ0) is 18.8. The molecule has 0 unspecified atom stereocenters. The minimum Gasteiger partial charge on any atom is -0.371 e. The maximum absolute atomic E-state index is 13.2. The highest BCUT2D eigenvalue weighted by molar-refractivity contribution is 7.20. The summed E-state index contributed by atoms with van der Waals surface area (Å²) >= 11 is 1.31. The number of rotatable bonds is 5. The van der Waals surface area contributed by atoms with Gasteiger partial charge < -0.3 is 14.6 Å². The number of morpholine rings is 1. The van der Waals surface area contributed by atoms with Gasteiger partial charge in [-0.2, -0.15) is 0 Å². The molecule has 1 N–H and O–H groups in total. The molecule has 0 saturated carbocycles. The maximum atomic E-state index is 13.2. The molecule has 0 radical (unpaired) electrons. The first-order valence-corrected chi connectivity index (χ1v) is 10.2. The third-order valence-electron chi connectivity index (χ3n) is 5.03. The van der Waals surface area contributed by atoms with E-state index < -0.39 is 0 Å². The van der Waals surface area contributed by atoms with Crippen LogP contribution in [0.4, 0.5) is 0 Å². The van der Waals surface area contributed by atoms with E-state index in [1.807, 2.05) is 11.8 Å². The Bertz CT molecular complexity index is 842. The lowest BCUT2D eigenvalue weighted by atomic mass is 10.0. The van der Waals surface area contributed by atoms with Crippen molar-refractivity contribution in [1.29, 1.82) is 0 Å². The van der Waals surface area contributed by atoms with Crippen molar-refractivity contribution in [3.8, 4) is 0 Å². The minimum atomic E-state index is -0.189. The third-order valence-corrected chi connectivity index (χ3v) is 6.22. The van der Waals surface area contributed by atoms with Crippen LogP contribution >= 0.6 is 11.3 Å². The second kappa shape index (κ2) is 7.88. The second-order valence-corrected chi connectivity index (χ2v) is 8.36. The Morgan fingerprint density at radius 3 is 2.88 bits per heavy atom. The van der Waals surface area contributed by atoms with Crippen LogP contribution in [0.2, 0.25) is 0 Å². The summed E-state index contributed by atoms with van der Waals surface area (Å²) in [7, 11) is 0. The van der Waals surface area contributed by atoms with Gasteiger partial charge >= 0.3 is 0 Å². The Morgan fingerprint density at radius 2 is 2.23 bits per heavy atom. The van der Waals surface area contributed by atoms with Gasteiger partial charge in [-0.25, -0.2) is 4.98 Å². The fourth-order valence-corrected chi connectivity index (χ4v) is 4.54. The monoisotopic (exact) mass is 377 g/mol. The molecule has 0 bridgehead atoms. The van der Waals surface area contributed by atoms with E-state index in [1.54, 1.807) is 0 Å². The summed E-state index contributed by atoms with van der Waals surface area (Å²) in [5.74, 6) is 0.336. The van der Waals surface area contributed by atoms with Gasteiger partial charge in [-0.1, -0.05) is 33.6 Å². The highest BCUT2D eigenvalue weighted by Crippen LogP contribution is 2.29. The molecule has 1 fully saturated rings. The first kappa shape index (κ1) is 19.0. The molecular formula is C19H27N3O3S. The largest absolute Gasteiger partial charge is 0.371 e. The van der Waals surface area contributed by atoms with Gasteiger partial charge in [0.25, 0.3) is 11.5 Å². The highest BCUT2D eigenvalue weighted by Gasteiger charge is 2.33. The minimum absolute atomic E-state index is 0.0136. The molecule has 26 heavy (non-hydrogen) atoms. The van der Waals surface area contributed by atoms with Gasteiger partial charge in [0.1, 0.15) is 4.83 Å². The lowest BCUT2D eigenvalue weighted by molar-refractivity contribution is -0.0962. The fraction of sp³-hybridized carbons (Fsp3) is 0.632. The SMILES string of the molecule is CCCC[C@@H]1CN(C(=O)c2sc3nc[nH]c(=O)c3c2C)C[C@H](C(C)C)O1. The summed E-state index contributed by atoms with van der Waals surface area (Å²) in [6.07, 6.45) is 4.69. The van der Waals surface area contributed by atoms with Crippen LogP contribution in [0.25, 0.3) is 10.2 Å². The topological polar surface area (TPSA) is 75.3 Å². The molecule has 0 aromatic carbocycles. The molecule has 0 aliphatic carbocycles. The van der Waals surface area contributed by atoms with E-state index in [0.29, 0.717) is 34.1 Å². The predicted molar refractivity (Wildman–Crippen MR) is 104 cm³/mol. The number of nitrogens with zero attached hydrogens (tertiary/aromatic N) is 2. The van der Waals surface area contributed by atoms with E-state index in [-0.39, 0.29) is 23.7 Å². The average molecular weight is 378 g/mol. The summed E-state index contributed by atoms with van der Waals surface area (Å²) in [6, 6.07) is 0. The number of hydrogen-bond acceptors (Lipinski definition) is 5. The van der Waals surface area contributed by atoms with Crippen LogP contribution in [-0.4, -0.2) is 46.1 Å². The lowest BCUT2D eigenvalue weighted by Crippen LogP contribution is -2.51. The van der Waals surface area contributed by atoms with Gasteiger partial charge in [0.05, 0.1) is 28.8 Å². The summed E-state index contributed by atoms with van der Waals surface area (Å²) in [5.41, 5.74) is 0.535. The third kappa shape index (κ3) is 3.69. The van der Waals surface area contributed by atoms with Crippen LogP contribution < -0.4 is 5.56 Å². The van der Waals surface area contributed by atoms with Crippen molar-refractivity contribution >= 4 is 27.5 Å². The van der Waals surface area contributed by atoms with Crippen molar-refractivity contribution in [2.45, 2.75) is 59.2 Å². The zero-order valence-electron chi connectivity index (χ0n) is 15.9. The number of H-pyrrole nitrogens is 1. The van der Waals surface area contributed by atoms with Crippen LogP contribution in [0.3, 0.4) is 0 Å². The van der Waals surface area contributed by atoms with E-state index >= 15 is 0 Å². The number of fused-ring (bicyclic) bond motifs is 1. The molecule has 1 aliphatic heterocycles. The molecule has 2 aromatic heterocycles. The van der Waals surface area contributed by atoms with Gasteiger partial charge in [-0.05, 0) is 24.8 Å². The molecule has 3 heterocycles. The molecule has 3 rings (SSSR count). The fourth-order valence-electron chi connectivity index (χ4n) is 3.42. The number of carbonyl (C=O) groups is 1. The van der Waals surface area contributed by atoms with Crippen molar-refractivity contribution in [3.63, 3.8) is 0 Å². The molecule has 2 atom stereocenters. The number of aromatic nitrogens is 2. The molecule has 0 spiro atoms. The Morgan fingerprint density at radius 1 is 1.46 bits per heavy atom. The smallest absolute Gasteiger partial charge is 0.264 e. The Balaban J connectivity index is 1.89. The molecule has 1 amide bonds. The normalized spacial score (nSPS) is 20.9. The zero-order valence-corrected chi connectivity index (χ0v) is 16.7. The second-order valence-electron chi connectivity index (χ2n) is 7.36. The maximum Gasteiger partial charge on any atom is 0.264 e. The van der Waals surface area contributed by atoms with Gasteiger partial charge in [0, 0.05) is 13.1 Å². The van der Waals surface area contributed by atoms with Crippen molar-refractivity contribution in [2.24, 2.45) is 5.92 Å². The van der Waals surface area contributed by atoms with Gasteiger partial charge in [0.15, 0.2) is 0 Å². The van der Waals surface area contributed by atoms with Crippen LogP contribution in [-0.2, 0) is 4.74 Å². The van der Waals surface area contributed by atoms with Crippen molar-refractivity contribution in [3.05, 3.63) is 27.1 Å². The van der Waals surface area contributed by atoms with Crippen molar-refractivity contribution in [2.75, 3.05) is 13.1 Å². The van der Waals surface area contributed by atoms with E-state index in [9.17, 15) is 9.59 Å². The van der Waals surface area contributed by atoms with Gasteiger partial charge in [-0.15, -0.1) is 11.3 Å². The summed E-state index contributed by atoms with van der Waals surface area (Å²) in [6.45, 7) is 9.46.